The Labute approximate surface area is 121 Å². The van der Waals surface area contributed by atoms with Crippen LogP contribution in [0.25, 0.3) is 0 Å². The summed E-state index contributed by atoms with van der Waals surface area (Å²) in [6, 6.07) is 3.43. The predicted octanol–water partition coefficient (Wildman–Crippen LogP) is 3.27. The van der Waals surface area contributed by atoms with Gasteiger partial charge in [-0.05, 0) is 55.2 Å². The van der Waals surface area contributed by atoms with Crippen molar-refractivity contribution in [1.29, 1.82) is 0 Å². The van der Waals surface area contributed by atoms with Crippen LogP contribution in [0.5, 0.6) is 0 Å². The summed E-state index contributed by atoms with van der Waals surface area (Å²) in [6.07, 6.45) is 2.19. The number of aromatic nitrogens is 2. The fourth-order valence-electron chi connectivity index (χ4n) is 2.14. The molecule has 0 saturated heterocycles. The zero-order valence-electron chi connectivity index (χ0n) is 11.5. The minimum absolute atomic E-state index is 0.104. The maximum Gasteiger partial charge on any atom is 0.126 e. The monoisotopic (exact) mass is 297 g/mol. The first-order valence-corrected chi connectivity index (χ1v) is 7.35. The Hall–Kier alpha value is -1.40. The van der Waals surface area contributed by atoms with E-state index in [4.69, 9.17) is 0 Å². The molecule has 0 fully saturated rings. The third kappa shape index (κ3) is 3.37. The van der Waals surface area contributed by atoms with Gasteiger partial charge in [-0.25, -0.2) is 8.78 Å². The molecule has 20 heavy (non-hydrogen) atoms. The van der Waals surface area contributed by atoms with Crippen LogP contribution in [0.3, 0.4) is 0 Å². The van der Waals surface area contributed by atoms with Crippen LogP contribution in [0.15, 0.2) is 18.2 Å². The van der Waals surface area contributed by atoms with Crippen LogP contribution < -0.4 is 5.32 Å². The second kappa shape index (κ2) is 6.85. The van der Waals surface area contributed by atoms with E-state index in [0.29, 0.717) is 12.0 Å². The second-order valence-corrected chi connectivity index (χ2v) is 5.40. The number of aryl methyl sites for hydroxylation is 1. The number of rotatable bonds is 6. The lowest BCUT2D eigenvalue weighted by atomic mass is 10.0. The highest BCUT2D eigenvalue weighted by Crippen LogP contribution is 2.26. The van der Waals surface area contributed by atoms with Crippen molar-refractivity contribution in [3.8, 4) is 0 Å². The number of nitrogens with zero attached hydrogens (tertiary/aromatic N) is 2. The number of benzene rings is 1. The van der Waals surface area contributed by atoms with Crippen molar-refractivity contribution < 1.29 is 8.78 Å². The molecule has 1 aromatic carbocycles. The van der Waals surface area contributed by atoms with E-state index in [9.17, 15) is 8.78 Å². The molecule has 108 valence electrons. The van der Waals surface area contributed by atoms with E-state index in [1.807, 2.05) is 0 Å². The van der Waals surface area contributed by atoms with E-state index in [-0.39, 0.29) is 11.9 Å². The molecule has 6 heteroatoms. The van der Waals surface area contributed by atoms with Crippen molar-refractivity contribution >= 4 is 11.5 Å². The Morgan fingerprint density at radius 2 is 2.15 bits per heavy atom. The van der Waals surface area contributed by atoms with Gasteiger partial charge in [-0.15, -0.1) is 5.10 Å². The summed E-state index contributed by atoms with van der Waals surface area (Å²) in [7, 11) is 1.80. The second-order valence-electron chi connectivity index (χ2n) is 4.61. The molecule has 0 amide bonds. The molecule has 1 N–H and O–H groups in total. The van der Waals surface area contributed by atoms with Crippen molar-refractivity contribution in [2.45, 2.75) is 32.2 Å². The van der Waals surface area contributed by atoms with Crippen LogP contribution in [0, 0.1) is 11.6 Å². The highest BCUT2D eigenvalue weighted by Gasteiger charge is 2.19. The van der Waals surface area contributed by atoms with Gasteiger partial charge < -0.3 is 5.32 Å². The van der Waals surface area contributed by atoms with E-state index < -0.39 is 5.82 Å². The van der Waals surface area contributed by atoms with Crippen LogP contribution in [-0.2, 0) is 12.8 Å². The third-order valence-corrected chi connectivity index (χ3v) is 4.05. The van der Waals surface area contributed by atoms with E-state index in [1.54, 1.807) is 7.05 Å². The number of hydrogen-bond acceptors (Lipinski definition) is 4. The van der Waals surface area contributed by atoms with Gasteiger partial charge in [-0.3, -0.25) is 0 Å². The minimum Gasteiger partial charge on any atom is -0.312 e. The standard InChI is InChI=1S/C14H17F2N3S/c1-3-4-12-14(20-19-18-12)13(17-2)8-9-7-10(15)5-6-11(9)16/h5-7,13,17H,3-4,8H2,1-2H3. The van der Waals surface area contributed by atoms with E-state index in [2.05, 4.69) is 21.8 Å². The zero-order chi connectivity index (χ0) is 14.5. The first-order chi connectivity index (χ1) is 9.65. The summed E-state index contributed by atoms with van der Waals surface area (Å²) in [5.74, 6) is -0.811. The molecule has 3 nitrogen and oxygen atoms in total. The zero-order valence-corrected chi connectivity index (χ0v) is 12.3. The van der Waals surface area contributed by atoms with Crippen LogP contribution in [0.1, 0.15) is 35.5 Å². The number of likely N-dealkylation sites (N-methyl/N-ethyl adjacent to an activating group) is 1. The topological polar surface area (TPSA) is 37.8 Å². The normalized spacial score (nSPS) is 12.6. The minimum atomic E-state index is -0.424. The summed E-state index contributed by atoms with van der Waals surface area (Å²) in [4.78, 5) is 0.998. The molecule has 0 spiro atoms. The molecule has 0 radical (unpaired) electrons. The van der Waals surface area contributed by atoms with Gasteiger partial charge in [0.15, 0.2) is 0 Å². The summed E-state index contributed by atoms with van der Waals surface area (Å²) < 4.78 is 30.9. The molecule has 0 aliphatic carbocycles. The van der Waals surface area contributed by atoms with Gasteiger partial charge in [0.2, 0.25) is 0 Å². The third-order valence-electron chi connectivity index (χ3n) is 3.17. The molecule has 0 saturated carbocycles. The van der Waals surface area contributed by atoms with Crippen LogP contribution in [0.2, 0.25) is 0 Å². The summed E-state index contributed by atoms with van der Waals surface area (Å²) >= 11 is 1.31. The fraction of sp³-hybridized carbons (Fsp3) is 0.429. The van der Waals surface area contributed by atoms with Gasteiger partial charge in [-0.1, -0.05) is 17.8 Å². The van der Waals surface area contributed by atoms with E-state index in [1.165, 1.54) is 17.6 Å². The van der Waals surface area contributed by atoms with Crippen molar-refractivity contribution in [1.82, 2.24) is 14.9 Å². The molecule has 1 atom stereocenters. The molecule has 2 aromatic rings. The van der Waals surface area contributed by atoms with Gasteiger partial charge in [0.1, 0.15) is 11.6 Å². The molecule has 0 aliphatic heterocycles. The molecule has 0 aliphatic rings. The van der Waals surface area contributed by atoms with E-state index in [0.717, 1.165) is 35.5 Å². The van der Waals surface area contributed by atoms with Crippen molar-refractivity contribution in [3.63, 3.8) is 0 Å². The van der Waals surface area contributed by atoms with Gasteiger partial charge >= 0.3 is 0 Å². The van der Waals surface area contributed by atoms with Gasteiger partial charge in [0, 0.05) is 6.04 Å². The van der Waals surface area contributed by atoms with Crippen LogP contribution in [0.4, 0.5) is 8.78 Å². The predicted molar refractivity (Wildman–Crippen MR) is 75.8 cm³/mol. The molecule has 1 unspecified atom stereocenters. The summed E-state index contributed by atoms with van der Waals surface area (Å²) in [5.41, 5.74) is 1.30. The van der Waals surface area contributed by atoms with Crippen molar-refractivity contribution in [3.05, 3.63) is 46.0 Å². The first kappa shape index (κ1) is 15.0. The largest absolute Gasteiger partial charge is 0.312 e. The number of hydrogen-bond donors (Lipinski definition) is 1. The smallest absolute Gasteiger partial charge is 0.126 e. The molecule has 0 bridgehead atoms. The van der Waals surface area contributed by atoms with Gasteiger partial charge in [-0.2, -0.15) is 0 Å². The molecular formula is C14H17F2N3S. The van der Waals surface area contributed by atoms with Crippen molar-refractivity contribution in [2.24, 2.45) is 0 Å². The SMILES string of the molecule is CCCc1nnsc1C(Cc1cc(F)ccc1F)NC. The lowest BCUT2D eigenvalue weighted by molar-refractivity contribution is 0.545. The maximum atomic E-state index is 13.7. The van der Waals surface area contributed by atoms with E-state index >= 15 is 0 Å². The Morgan fingerprint density at radius 3 is 2.85 bits per heavy atom. The van der Waals surface area contributed by atoms with Crippen LogP contribution in [-0.4, -0.2) is 16.6 Å². The number of nitrogens with one attached hydrogen (secondary N) is 1. The summed E-state index contributed by atoms with van der Waals surface area (Å²) in [5, 5.41) is 7.26. The lowest BCUT2D eigenvalue weighted by Crippen LogP contribution is -2.19. The Kier molecular flexibility index (Phi) is 5.14. The fourth-order valence-corrected chi connectivity index (χ4v) is 2.94. The Morgan fingerprint density at radius 1 is 1.35 bits per heavy atom. The molecule has 1 aromatic heterocycles. The van der Waals surface area contributed by atoms with Gasteiger partial charge in [0.25, 0.3) is 0 Å². The summed E-state index contributed by atoms with van der Waals surface area (Å²) in [6.45, 7) is 2.07. The number of halogens is 2. The lowest BCUT2D eigenvalue weighted by Gasteiger charge is -2.16. The van der Waals surface area contributed by atoms with Gasteiger partial charge in [0.05, 0.1) is 10.6 Å². The quantitative estimate of drug-likeness (QED) is 0.889. The van der Waals surface area contributed by atoms with Crippen molar-refractivity contribution in [2.75, 3.05) is 7.05 Å². The highest BCUT2D eigenvalue weighted by atomic mass is 32.1. The maximum absolute atomic E-state index is 13.7. The van der Waals surface area contributed by atoms with Crippen LogP contribution >= 0.6 is 11.5 Å². The molecule has 2 rings (SSSR count). The highest BCUT2D eigenvalue weighted by molar-refractivity contribution is 7.05. The molecule has 1 heterocycles. The average molecular weight is 297 g/mol. The Bertz CT molecular complexity index is 571. The Balaban J connectivity index is 2.24. The average Bonchev–Trinajstić information content (AvgIpc) is 2.88. The molecular weight excluding hydrogens is 280 g/mol. The first-order valence-electron chi connectivity index (χ1n) is 6.58.